The lowest BCUT2D eigenvalue weighted by atomic mass is 10.0. The number of aromatic carboxylic acids is 1. The van der Waals surface area contributed by atoms with Gasteiger partial charge in [-0.05, 0) is 36.5 Å². The van der Waals surface area contributed by atoms with Gasteiger partial charge < -0.3 is 14.9 Å². The van der Waals surface area contributed by atoms with Crippen LogP contribution in [0.2, 0.25) is 0 Å². The van der Waals surface area contributed by atoms with E-state index in [2.05, 4.69) is 29.3 Å². The van der Waals surface area contributed by atoms with Crippen LogP contribution in [-0.2, 0) is 6.54 Å². The van der Waals surface area contributed by atoms with E-state index in [1.165, 1.54) is 0 Å². The molecule has 1 aliphatic rings. The summed E-state index contributed by atoms with van der Waals surface area (Å²) in [5.41, 5.74) is 1.31. The first-order valence-corrected chi connectivity index (χ1v) is 7.93. The lowest BCUT2D eigenvalue weighted by molar-refractivity contribution is 0.0697. The Morgan fingerprint density at radius 1 is 1.35 bits per heavy atom. The molecule has 1 heterocycles. The lowest BCUT2D eigenvalue weighted by Crippen LogP contribution is -2.25. The average Bonchev–Trinajstić information content (AvgIpc) is 3.27. The number of carboxylic acid groups (broad SMARTS) is 1. The maximum atomic E-state index is 10.9. The molecule has 1 aliphatic carbocycles. The van der Waals surface area contributed by atoms with Gasteiger partial charge in [0.15, 0.2) is 5.82 Å². The van der Waals surface area contributed by atoms with Gasteiger partial charge in [0, 0.05) is 12.5 Å². The van der Waals surface area contributed by atoms with Crippen LogP contribution in [0.4, 0.5) is 0 Å². The first-order chi connectivity index (χ1) is 11.0. The number of aromatic nitrogens is 2. The highest BCUT2D eigenvalue weighted by Gasteiger charge is 2.30. The van der Waals surface area contributed by atoms with Gasteiger partial charge in [0.05, 0.1) is 11.6 Å². The minimum absolute atomic E-state index is 0.0193. The van der Waals surface area contributed by atoms with Gasteiger partial charge in [-0.15, -0.1) is 0 Å². The Hall–Kier alpha value is -2.21. The van der Waals surface area contributed by atoms with Crippen molar-refractivity contribution >= 4 is 5.97 Å². The molecule has 0 radical (unpaired) electrons. The number of benzene rings is 1. The zero-order valence-corrected chi connectivity index (χ0v) is 13.3. The minimum atomic E-state index is -0.914. The fraction of sp³-hybridized carbons (Fsp3) is 0.471. The molecule has 6 nitrogen and oxygen atoms in total. The second kappa shape index (κ2) is 6.50. The number of carbonyl (C=O) groups is 1. The van der Waals surface area contributed by atoms with Crippen molar-refractivity contribution in [3.05, 3.63) is 47.1 Å². The summed E-state index contributed by atoms with van der Waals surface area (Å²) in [6.07, 6.45) is 2.29. The maximum absolute atomic E-state index is 10.9. The van der Waals surface area contributed by atoms with Crippen molar-refractivity contribution in [2.45, 2.75) is 45.2 Å². The van der Waals surface area contributed by atoms with Gasteiger partial charge >= 0.3 is 5.97 Å². The highest BCUT2D eigenvalue weighted by Crippen LogP contribution is 2.38. The molecule has 0 amide bonds. The molecule has 1 fully saturated rings. The van der Waals surface area contributed by atoms with Crippen molar-refractivity contribution < 1.29 is 14.4 Å². The lowest BCUT2D eigenvalue weighted by Gasteiger charge is -2.18. The highest BCUT2D eigenvalue weighted by atomic mass is 16.5. The SMILES string of the molecule is CC(C)C(NCc1ccc(C(=O)O)cc1)c1nc(C2CC2)no1. The molecular formula is C17H21N3O3. The van der Waals surface area contributed by atoms with Gasteiger partial charge in [0.1, 0.15) is 0 Å². The van der Waals surface area contributed by atoms with Crippen molar-refractivity contribution in [3.8, 4) is 0 Å². The molecule has 6 heteroatoms. The first-order valence-electron chi connectivity index (χ1n) is 7.93. The summed E-state index contributed by atoms with van der Waals surface area (Å²) in [4.78, 5) is 15.4. The second-order valence-corrected chi connectivity index (χ2v) is 6.37. The molecule has 23 heavy (non-hydrogen) atoms. The predicted octanol–water partition coefficient (Wildman–Crippen LogP) is 3.13. The van der Waals surface area contributed by atoms with Crippen molar-refractivity contribution in [2.75, 3.05) is 0 Å². The number of rotatable bonds is 7. The van der Waals surface area contributed by atoms with Crippen LogP contribution in [0.5, 0.6) is 0 Å². The smallest absolute Gasteiger partial charge is 0.335 e. The summed E-state index contributed by atoms with van der Waals surface area (Å²) in [5, 5.41) is 16.4. The van der Waals surface area contributed by atoms with E-state index >= 15 is 0 Å². The van der Waals surface area contributed by atoms with Crippen LogP contribution in [-0.4, -0.2) is 21.2 Å². The van der Waals surface area contributed by atoms with Crippen LogP contribution in [0.25, 0.3) is 0 Å². The highest BCUT2D eigenvalue weighted by molar-refractivity contribution is 5.87. The van der Waals surface area contributed by atoms with Crippen LogP contribution in [0.1, 0.15) is 66.3 Å². The van der Waals surface area contributed by atoms with Gasteiger partial charge in [-0.25, -0.2) is 4.79 Å². The minimum Gasteiger partial charge on any atom is -0.478 e. The summed E-state index contributed by atoms with van der Waals surface area (Å²) in [7, 11) is 0. The van der Waals surface area contributed by atoms with Crippen LogP contribution >= 0.6 is 0 Å². The third-order valence-electron chi connectivity index (χ3n) is 4.06. The van der Waals surface area contributed by atoms with E-state index in [4.69, 9.17) is 9.63 Å². The Morgan fingerprint density at radius 3 is 2.61 bits per heavy atom. The van der Waals surface area contributed by atoms with Gasteiger partial charge in [-0.1, -0.05) is 31.1 Å². The zero-order valence-electron chi connectivity index (χ0n) is 13.3. The molecule has 2 aromatic rings. The standard InChI is InChI=1S/C17H21N3O3/c1-10(2)14(16-19-15(20-23-16)12-7-8-12)18-9-11-3-5-13(6-4-11)17(21)22/h3-6,10,12,14,18H,7-9H2,1-2H3,(H,21,22). The topological polar surface area (TPSA) is 88.2 Å². The Balaban J connectivity index is 1.65. The Bertz CT molecular complexity index is 675. The molecule has 1 aromatic heterocycles. The van der Waals surface area contributed by atoms with Gasteiger partial charge in [-0.3, -0.25) is 0 Å². The molecule has 0 aliphatic heterocycles. The van der Waals surface area contributed by atoms with Crippen LogP contribution < -0.4 is 5.32 Å². The van der Waals surface area contributed by atoms with E-state index in [9.17, 15) is 4.79 Å². The third-order valence-corrected chi connectivity index (χ3v) is 4.06. The number of nitrogens with one attached hydrogen (secondary N) is 1. The van der Waals surface area contributed by atoms with Crippen molar-refractivity contribution in [2.24, 2.45) is 5.92 Å². The van der Waals surface area contributed by atoms with Crippen molar-refractivity contribution in [3.63, 3.8) is 0 Å². The van der Waals surface area contributed by atoms with Crippen LogP contribution in [0, 0.1) is 5.92 Å². The van der Waals surface area contributed by atoms with Crippen molar-refractivity contribution in [1.29, 1.82) is 0 Å². The average molecular weight is 315 g/mol. The van der Waals surface area contributed by atoms with E-state index in [-0.39, 0.29) is 6.04 Å². The molecule has 122 valence electrons. The summed E-state index contributed by atoms with van der Waals surface area (Å²) >= 11 is 0. The maximum Gasteiger partial charge on any atom is 0.335 e. The summed E-state index contributed by atoms with van der Waals surface area (Å²) in [6.45, 7) is 4.82. The van der Waals surface area contributed by atoms with Crippen LogP contribution in [0.15, 0.2) is 28.8 Å². The fourth-order valence-electron chi connectivity index (χ4n) is 2.48. The Labute approximate surface area is 134 Å². The predicted molar refractivity (Wildman–Crippen MR) is 84.1 cm³/mol. The second-order valence-electron chi connectivity index (χ2n) is 6.37. The van der Waals surface area contributed by atoms with Gasteiger partial charge in [-0.2, -0.15) is 4.98 Å². The van der Waals surface area contributed by atoms with Crippen LogP contribution in [0.3, 0.4) is 0 Å². The Kier molecular flexibility index (Phi) is 4.43. The Morgan fingerprint density at radius 2 is 2.04 bits per heavy atom. The zero-order chi connectivity index (χ0) is 16.4. The normalized spacial score (nSPS) is 15.8. The monoisotopic (exact) mass is 315 g/mol. The van der Waals surface area contributed by atoms with E-state index < -0.39 is 5.97 Å². The molecule has 3 rings (SSSR count). The summed E-state index contributed by atoms with van der Waals surface area (Å²) in [6, 6.07) is 6.84. The largest absolute Gasteiger partial charge is 0.478 e. The molecule has 1 saturated carbocycles. The van der Waals surface area contributed by atoms with E-state index in [0.29, 0.717) is 29.8 Å². The number of carboxylic acids is 1. The fourth-order valence-corrected chi connectivity index (χ4v) is 2.48. The molecular weight excluding hydrogens is 294 g/mol. The molecule has 0 saturated heterocycles. The van der Waals surface area contributed by atoms with Gasteiger partial charge in [0.25, 0.3) is 0 Å². The molecule has 0 spiro atoms. The number of nitrogens with zero attached hydrogens (tertiary/aromatic N) is 2. The molecule has 2 N–H and O–H groups in total. The summed E-state index contributed by atoms with van der Waals surface area (Å²) < 4.78 is 5.43. The molecule has 1 aromatic carbocycles. The van der Waals surface area contributed by atoms with E-state index in [1.54, 1.807) is 12.1 Å². The van der Waals surface area contributed by atoms with Gasteiger partial charge in [0.2, 0.25) is 5.89 Å². The van der Waals surface area contributed by atoms with Crippen molar-refractivity contribution in [1.82, 2.24) is 15.5 Å². The quantitative estimate of drug-likeness (QED) is 0.816. The van der Waals surface area contributed by atoms with E-state index in [1.807, 2.05) is 12.1 Å². The summed E-state index contributed by atoms with van der Waals surface area (Å²) in [5.74, 6) is 1.31. The van der Waals surface area contributed by atoms with E-state index in [0.717, 1.165) is 24.2 Å². The molecule has 0 bridgehead atoms. The molecule has 1 unspecified atom stereocenters. The number of hydrogen-bond acceptors (Lipinski definition) is 5. The number of hydrogen-bond donors (Lipinski definition) is 2. The first kappa shape index (κ1) is 15.7. The third kappa shape index (κ3) is 3.76. The molecule has 1 atom stereocenters.